The number of rotatable bonds is 5. The molecule has 1 unspecified atom stereocenters. The predicted molar refractivity (Wildman–Crippen MR) is 104 cm³/mol. The molecule has 0 N–H and O–H groups in total. The van der Waals surface area contributed by atoms with Crippen molar-refractivity contribution in [3.05, 3.63) is 59.8 Å². The van der Waals surface area contributed by atoms with Crippen molar-refractivity contribution in [1.82, 2.24) is 9.80 Å². The molecule has 1 atom stereocenters. The van der Waals surface area contributed by atoms with E-state index in [1.165, 1.54) is 12.1 Å². The first-order chi connectivity index (χ1) is 14.5. The van der Waals surface area contributed by atoms with Crippen LogP contribution in [0.15, 0.2) is 47.1 Å². The van der Waals surface area contributed by atoms with E-state index in [9.17, 15) is 18.8 Å². The molecule has 1 aromatic heterocycles. The van der Waals surface area contributed by atoms with Crippen LogP contribution < -0.4 is 0 Å². The summed E-state index contributed by atoms with van der Waals surface area (Å²) in [4.78, 5) is 40.4. The normalized spacial score (nSPS) is 19.9. The van der Waals surface area contributed by atoms with Crippen LogP contribution in [0.4, 0.5) is 4.39 Å². The lowest BCUT2D eigenvalue weighted by atomic mass is 10.0. The molecule has 2 fully saturated rings. The zero-order valence-electron chi connectivity index (χ0n) is 16.5. The number of piperidine rings is 1. The van der Waals surface area contributed by atoms with Crippen LogP contribution in [0.2, 0.25) is 0 Å². The Bertz CT molecular complexity index is 921. The molecular weight excluding hydrogens is 391 g/mol. The largest absolute Gasteiger partial charge is 0.467 e. The summed E-state index contributed by atoms with van der Waals surface area (Å²) >= 11 is 0. The van der Waals surface area contributed by atoms with Gasteiger partial charge in [0, 0.05) is 38.9 Å². The standard InChI is InChI=1S/C22H23FN2O5/c23-19-6-2-1-5-18(19)21(27)24-9-7-16(8-10-24)30-22(28)15-12-20(26)25(13-15)14-17-4-3-11-29-17/h1-6,11,15-16H,7-10,12-14H2. The highest BCUT2D eigenvalue weighted by Crippen LogP contribution is 2.24. The third-order valence-electron chi connectivity index (χ3n) is 5.59. The molecule has 4 rings (SSSR count). The molecule has 2 saturated heterocycles. The number of nitrogens with zero attached hydrogens (tertiary/aromatic N) is 2. The molecule has 1 aromatic carbocycles. The third kappa shape index (κ3) is 4.37. The number of likely N-dealkylation sites (tertiary alicyclic amines) is 2. The van der Waals surface area contributed by atoms with Crippen LogP contribution in [-0.2, 0) is 20.9 Å². The number of hydrogen-bond donors (Lipinski definition) is 0. The van der Waals surface area contributed by atoms with E-state index in [0.29, 0.717) is 44.8 Å². The summed E-state index contributed by atoms with van der Waals surface area (Å²) in [5.41, 5.74) is 0.0501. The summed E-state index contributed by atoms with van der Waals surface area (Å²) in [6, 6.07) is 9.44. The summed E-state index contributed by atoms with van der Waals surface area (Å²) in [6.07, 6.45) is 2.34. The fourth-order valence-electron chi connectivity index (χ4n) is 3.92. The second-order valence-corrected chi connectivity index (χ2v) is 7.66. The average molecular weight is 414 g/mol. The van der Waals surface area contributed by atoms with Crippen molar-refractivity contribution in [3.63, 3.8) is 0 Å². The Kier molecular flexibility index (Phi) is 5.83. The van der Waals surface area contributed by atoms with Crippen molar-refractivity contribution >= 4 is 17.8 Å². The number of ether oxygens (including phenoxy) is 1. The molecule has 7 nitrogen and oxygen atoms in total. The molecule has 2 aromatic rings. The van der Waals surface area contributed by atoms with E-state index < -0.39 is 11.7 Å². The maximum absolute atomic E-state index is 13.8. The summed E-state index contributed by atoms with van der Waals surface area (Å²) < 4.78 is 24.7. The molecule has 30 heavy (non-hydrogen) atoms. The van der Waals surface area contributed by atoms with Gasteiger partial charge in [0.1, 0.15) is 17.7 Å². The zero-order chi connectivity index (χ0) is 21.1. The summed E-state index contributed by atoms with van der Waals surface area (Å²) in [5, 5.41) is 0. The van der Waals surface area contributed by atoms with E-state index in [1.54, 1.807) is 40.3 Å². The molecule has 8 heteroatoms. The Morgan fingerprint density at radius 3 is 2.60 bits per heavy atom. The van der Waals surface area contributed by atoms with Gasteiger partial charge in [-0.1, -0.05) is 12.1 Å². The van der Waals surface area contributed by atoms with Crippen molar-refractivity contribution < 1.29 is 27.9 Å². The molecule has 0 spiro atoms. The number of halogens is 1. The van der Waals surface area contributed by atoms with Gasteiger partial charge in [0.15, 0.2) is 0 Å². The molecule has 0 saturated carbocycles. The Morgan fingerprint density at radius 2 is 1.90 bits per heavy atom. The van der Waals surface area contributed by atoms with Crippen LogP contribution in [0.1, 0.15) is 35.4 Å². The van der Waals surface area contributed by atoms with Crippen LogP contribution in [0.5, 0.6) is 0 Å². The van der Waals surface area contributed by atoms with Gasteiger partial charge in [0.05, 0.1) is 24.3 Å². The third-order valence-corrected chi connectivity index (χ3v) is 5.59. The number of esters is 1. The number of hydrogen-bond acceptors (Lipinski definition) is 5. The number of carbonyl (C=O) groups excluding carboxylic acids is 3. The first kappa shape index (κ1) is 20.1. The lowest BCUT2D eigenvalue weighted by molar-refractivity contribution is -0.155. The highest BCUT2D eigenvalue weighted by molar-refractivity contribution is 5.94. The van der Waals surface area contributed by atoms with E-state index in [0.717, 1.165) is 0 Å². The molecule has 2 amide bonds. The van der Waals surface area contributed by atoms with Gasteiger partial charge in [-0.2, -0.15) is 0 Å². The number of furan rings is 1. The van der Waals surface area contributed by atoms with Crippen LogP contribution in [-0.4, -0.2) is 53.3 Å². The van der Waals surface area contributed by atoms with Crippen molar-refractivity contribution in [1.29, 1.82) is 0 Å². The molecule has 2 aliphatic heterocycles. The first-order valence-corrected chi connectivity index (χ1v) is 10.1. The van der Waals surface area contributed by atoms with Gasteiger partial charge in [0.25, 0.3) is 5.91 Å². The Balaban J connectivity index is 1.26. The Labute approximate surface area is 173 Å². The van der Waals surface area contributed by atoms with Crippen LogP contribution in [0.3, 0.4) is 0 Å². The molecule has 0 aliphatic carbocycles. The smallest absolute Gasteiger partial charge is 0.311 e. The minimum absolute atomic E-state index is 0.0501. The second-order valence-electron chi connectivity index (χ2n) is 7.66. The van der Waals surface area contributed by atoms with Gasteiger partial charge in [-0.05, 0) is 24.3 Å². The lowest BCUT2D eigenvalue weighted by Crippen LogP contribution is -2.42. The molecule has 2 aliphatic rings. The quantitative estimate of drug-likeness (QED) is 0.703. The van der Waals surface area contributed by atoms with E-state index in [4.69, 9.17) is 9.15 Å². The van der Waals surface area contributed by atoms with Crippen LogP contribution in [0.25, 0.3) is 0 Å². The van der Waals surface area contributed by atoms with Gasteiger partial charge >= 0.3 is 5.97 Å². The molecule has 3 heterocycles. The Hall–Kier alpha value is -3.16. The second kappa shape index (κ2) is 8.69. The minimum Gasteiger partial charge on any atom is -0.467 e. The van der Waals surface area contributed by atoms with Gasteiger partial charge in [-0.15, -0.1) is 0 Å². The molecule has 0 bridgehead atoms. The van der Waals surface area contributed by atoms with Crippen LogP contribution >= 0.6 is 0 Å². The lowest BCUT2D eigenvalue weighted by Gasteiger charge is -2.32. The summed E-state index contributed by atoms with van der Waals surface area (Å²) in [7, 11) is 0. The van der Waals surface area contributed by atoms with E-state index in [1.807, 2.05) is 0 Å². The number of amides is 2. The fraction of sp³-hybridized carbons (Fsp3) is 0.409. The van der Waals surface area contributed by atoms with Crippen molar-refractivity contribution in [3.8, 4) is 0 Å². The maximum Gasteiger partial charge on any atom is 0.311 e. The first-order valence-electron chi connectivity index (χ1n) is 10.1. The SMILES string of the molecule is O=C(OC1CCN(C(=O)c2ccccc2F)CC1)C1CC(=O)N(Cc2ccco2)C1. The van der Waals surface area contributed by atoms with Gasteiger partial charge in [-0.25, -0.2) is 4.39 Å². The summed E-state index contributed by atoms with van der Waals surface area (Å²) in [5.74, 6) is -1.20. The molecule has 158 valence electrons. The number of benzene rings is 1. The zero-order valence-corrected chi connectivity index (χ0v) is 16.5. The van der Waals surface area contributed by atoms with Gasteiger partial charge < -0.3 is 19.0 Å². The van der Waals surface area contributed by atoms with Crippen LogP contribution in [0, 0.1) is 11.7 Å². The van der Waals surface area contributed by atoms with E-state index in [2.05, 4.69) is 0 Å². The van der Waals surface area contributed by atoms with Crippen molar-refractivity contribution in [2.45, 2.75) is 31.9 Å². The van der Waals surface area contributed by atoms with Crippen molar-refractivity contribution in [2.75, 3.05) is 19.6 Å². The highest BCUT2D eigenvalue weighted by atomic mass is 19.1. The van der Waals surface area contributed by atoms with Crippen molar-refractivity contribution in [2.24, 2.45) is 5.92 Å². The van der Waals surface area contributed by atoms with Gasteiger partial charge in [-0.3, -0.25) is 14.4 Å². The van der Waals surface area contributed by atoms with E-state index in [-0.39, 0.29) is 35.9 Å². The monoisotopic (exact) mass is 414 g/mol. The molecule has 0 radical (unpaired) electrons. The number of carbonyl (C=O) groups is 3. The summed E-state index contributed by atoms with van der Waals surface area (Å²) in [6.45, 7) is 1.42. The molecular formula is C22H23FN2O5. The minimum atomic E-state index is -0.541. The fourth-order valence-corrected chi connectivity index (χ4v) is 3.92. The average Bonchev–Trinajstić information content (AvgIpc) is 3.39. The predicted octanol–water partition coefficient (Wildman–Crippen LogP) is 2.62. The van der Waals surface area contributed by atoms with Gasteiger partial charge in [0.2, 0.25) is 5.91 Å². The van der Waals surface area contributed by atoms with E-state index >= 15 is 0 Å². The Morgan fingerprint density at radius 1 is 1.13 bits per heavy atom. The highest BCUT2D eigenvalue weighted by Gasteiger charge is 2.37. The maximum atomic E-state index is 13.8. The topological polar surface area (TPSA) is 80.1 Å².